The molecule has 0 atom stereocenters. The van der Waals surface area contributed by atoms with Crippen LogP contribution in [0.2, 0.25) is 0 Å². The van der Waals surface area contributed by atoms with Crippen molar-refractivity contribution >= 4 is 11.4 Å². The quantitative estimate of drug-likeness (QED) is 0.882. The van der Waals surface area contributed by atoms with Crippen LogP contribution in [0, 0.1) is 5.92 Å². The molecule has 1 fully saturated rings. The van der Waals surface area contributed by atoms with E-state index in [-0.39, 0.29) is 0 Å². The minimum absolute atomic E-state index is 0.755. The topological polar surface area (TPSA) is 31.4 Å². The fourth-order valence-electron chi connectivity index (χ4n) is 2.61. The maximum absolute atomic E-state index is 4.33. The number of piperazine rings is 1. The summed E-state index contributed by atoms with van der Waals surface area (Å²) in [5.41, 5.74) is 2.35. The lowest BCUT2D eigenvalue weighted by atomic mass is 10.2. The first-order valence-corrected chi connectivity index (χ1v) is 7.35. The molecular weight excluding hydrogens is 236 g/mol. The van der Waals surface area contributed by atoms with Gasteiger partial charge in [-0.05, 0) is 18.9 Å². The Labute approximate surface area is 116 Å². The lowest BCUT2D eigenvalue weighted by Gasteiger charge is -2.36. The predicted molar refractivity (Wildman–Crippen MR) is 81.9 cm³/mol. The molecule has 106 valence electrons. The first kappa shape index (κ1) is 14.1. The molecule has 1 aromatic rings. The van der Waals surface area contributed by atoms with Gasteiger partial charge in [0.2, 0.25) is 0 Å². The first-order chi connectivity index (χ1) is 9.19. The van der Waals surface area contributed by atoms with Crippen molar-refractivity contribution in [2.24, 2.45) is 5.92 Å². The van der Waals surface area contributed by atoms with E-state index in [9.17, 15) is 0 Å². The third-order valence-electron chi connectivity index (χ3n) is 3.47. The molecule has 0 bridgehead atoms. The van der Waals surface area contributed by atoms with Crippen molar-refractivity contribution in [3.05, 3.63) is 18.5 Å². The normalized spacial score (nSPS) is 16.9. The lowest BCUT2D eigenvalue weighted by Crippen LogP contribution is -2.47. The molecule has 19 heavy (non-hydrogen) atoms. The summed E-state index contributed by atoms with van der Waals surface area (Å²) >= 11 is 0. The number of anilines is 2. The smallest absolute Gasteiger partial charge is 0.0574 e. The molecule has 0 unspecified atom stereocenters. The molecule has 2 rings (SSSR count). The molecule has 2 heterocycles. The van der Waals surface area contributed by atoms with Crippen molar-refractivity contribution in [3.63, 3.8) is 0 Å². The molecule has 1 aliphatic rings. The van der Waals surface area contributed by atoms with E-state index in [4.69, 9.17) is 0 Å². The zero-order chi connectivity index (χ0) is 13.7. The van der Waals surface area contributed by atoms with E-state index in [1.54, 1.807) is 0 Å². The fraction of sp³-hybridized carbons (Fsp3) is 0.667. The number of pyridine rings is 1. The molecule has 0 spiro atoms. The van der Waals surface area contributed by atoms with Crippen molar-refractivity contribution in [1.29, 1.82) is 0 Å². The van der Waals surface area contributed by atoms with Gasteiger partial charge < -0.3 is 10.2 Å². The highest BCUT2D eigenvalue weighted by atomic mass is 15.3. The molecule has 1 N–H and O–H groups in total. The van der Waals surface area contributed by atoms with E-state index >= 15 is 0 Å². The Morgan fingerprint density at radius 1 is 1.21 bits per heavy atom. The maximum atomic E-state index is 4.33. The Bertz CT molecular complexity index is 383. The second-order valence-corrected chi connectivity index (χ2v) is 5.64. The summed E-state index contributed by atoms with van der Waals surface area (Å²) in [7, 11) is 0. The second-order valence-electron chi connectivity index (χ2n) is 5.64. The first-order valence-electron chi connectivity index (χ1n) is 7.35. The summed E-state index contributed by atoms with van der Waals surface area (Å²) in [6, 6.07) is 2.20. The van der Waals surface area contributed by atoms with Gasteiger partial charge in [0.25, 0.3) is 0 Å². The Morgan fingerprint density at radius 2 is 1.95 bits per heavy atom. The van der Waals surface area contributed by atoms with Crippen molar-refractivity contribution in [3.8, 4) is 0 Å². The Hall–Kier alpha value is -1.29. The average molecular weight is 262 g/mol. The van der Waals surface area contributed by atoms with Gasteiger partial charge in [0, 0.05) is 39.3 Å². The highest BCUT2D eigenvalue weighted by Crippen LogP contribution is 2.19. The van der Waals surface area contributed by atoms with Crippen molar-refractivity contribution < 1.29 is 0 Å². The van der Waals surface area contributed by atoms with Gasteiger partial charge in [-0.3, -0.25) is 9.88 Å². The molecule has 0 saturated carbocycles. The van der Waals surface area contributed by atoms with Gasteiger partial charge in [0.05, 0.1) is 23.8 Å². The number of nitrogens with one attached hydrogen (secondary N) is 1. The Kier molecular flexibility index (Phi) is 5.02. The molecule has 0 radical (unpaired) electrons. The zero-order valence-electron chi connectivity index (χ0n) is 12.4. The monoisotopic (exact) mass is 262 g/mol. The third kappa shape index (κ3) is 4.10. The summed E-state index contributed by atoms with van der Waals surface area (Å²) in [5.74, 6) is 0.755. The van der Waals surface area contributed by atoms with Crippen LogP contribution in [-0.2, 0) is 0 Å². The second kappa shape index (κ2) is 6.75. The van der Waals surface area contributed by atoms with Crippen LogP contribution in [0.5, 0.6) is 0 Å². The number of aromatic nitrogens is 1. The van der Waals surface area contributed by atoms with Gasteiger partial charge in [-0.1, -0.05) is 13.8 Å². The fourth-order valence-corrected chi connectivity index (χ4v) is 2.61. The van der Waals surface area contributed by atoms with Gasteiger partial charge in [-0.25, -0.2) is 0 Å². The van der Waals surface area contributed by atoms with Crippen LogP contribution in [0.15, 0.2) is 18.5 Å². The number of nitrogens with zero attached hydrogens (tertiary/aromatic N) is 3. The van der Waals surface area contributed by atoms with E-state index in [1.807, 2.05) is 12.4 Å². The van der Waals surface area contributed by atoms with Crippen molar-refractivity contribution in [2.45, 2.75) is 20.8 Å². The van der Waals surface area contributed by atoms with E-state index < -0.39 is 0 Å². The van der Waals surface area contributed by atoms with Crippen LogP contribution < -0.4 is 10.2 Å². The minimum atomic E-state index is 0.755. The van der Waals surface area contributed by atoms with Gasteiger partial charge in [0.1, 0.15) is 0 Å². The third-order valence-corrected chi connectivity index (χ3v) is 3.47. The molecule has 0 aliphatic carbocycles. The van der Waals surface area contributed by atoms with Gasteiger partial charge in [-0.2, -0.15) is 0 Å². The average Bonchev–Trinajstić information content (AvgIpc) is 2.40. The molecule has 1 saturated heterocycles. The number of rotatable bonds is 5. The number of hydrogen-bond acceptors (Lipinski definition) is 4. The van der Waals surface area contributed by atoms with Crippen LogP contribution >= 0.6 is 0 Å². The molecule has 1 aromatic heterocycles. The van der Waals surface area contributed by atoms with Crippen LogP contribution in [-0.4, -0.2) is 49.2 Å². The van der Waals surface area contributed by atoms with E-state index in [0.29, 0.717) is 0 Å². The molecule has 1 aliphatic heterocycles. The van der Waals surface area contributed by atoms with Crippen LogP contribution in [0.25, 0.3) is 0 Å². The van der Waals surface area contributed by atoms with E-state index in [2.05, 4.69) is 46.9 Å². The summed E-state index contributed by atoms with van der Waals surface area (Å²) < 4.78 is 0. The molecule has 4 heteroatoms. The molecule has 0 aromatic carbocycles. The SMILES string of the molecule is CCNc1cncc(N2CCN(CC(C)C)CC2)c1. The van der Waals surface area contributed by atoms with Gasteiger partial charge >= 0.3 is 0 Å². The highest BCUT2D eigenvalue weighted by Gasteiger charge is 2.18. The maximum Gasteiger partial charge on any atom is 0.0574 e. The summed E-state index contributed by atoms with van der Waals surface area (Å²) in [4.78, 5) is 9.32. The predicted octanol–water partition coefficient (Wildman–Crippen LogP) is 2.29. The largest absolute Gasteiger partial charge is 0.384 e. The van der Waals surface area contributed by atoms with Crippen LogP contribution in [0.1, 0.15) is 20.8 Å². The minimum Gasteiger partial charge on any atom is -0.384 e. The van der Waals surface area contributed by atoms with Gasteiger partial charge in [-0.15, -0.1) is 0 Å². The molecule has 4 nitrogen and oxygen atoms in total. The Morgan fingerprint density at radius 3 is 2.58 bits per heavy atom. The lowest BCUT2D eigenvalue weighted by molar-refractivity contribution is 0.231. The van der Waals surface area contributed by atoms with Crippen LogP contribution in [0.3, 0.4) is 0 Å². The van der Waals surface area contributed by atoms with Crippen LogP contribution in [0.4, 0.5) is 11.4 Å². The molecule has 0 amide bonds. The van der Waals surface area contributed by atoms with E-state index in [0.717, 1.165) is 44.3 Å². The van der Waals surface area contributed by atoms with Crippen molar-refractivity contribution in [2.75, 3.05) is 49.5 Å². The molecular formula is C15H26N4. The highest BCUT2D eigenvalue weighted by molar-refractivity contribution is 5.55. The van der Waals surface area contributed by atoms with E-state index in [1.165, 1.54) is 12.2 Å². The zero-order valence-corrected chi connectivity index (χ0v) is 12.4. The van der Waals surface area contributed by atoms with Crippen molar-refractivity contribution in [1.82, 2.24) is 9.88 Å². The Balaban J connectivity index is 1.92. The summed E-state index contributed by atoms with van der Waals surface area (Å²) in [6.07, 6.45) is 3.86. The summed E-state index contributed by atoms with van der Waals surface area (Å²) in [6.45, 7) is 13.3. The standard InChI is InChI=1S/C15H26N4/c1-4-17-14-9-15(11-16-10-14)19-7-5-18(6-8-19)12-13(2)3/h9-11,13,17H,4-8,12H2,1-3H3. The summed E-state index contributed by atoms with van der Waals surface area (Å²) in [5, 5.41) is 3.32. The van der Waals surface area contributed by atoms with Gasteiger partial charge in [0.15, 0.2) is 0 Å². The number of hydrogen-bond donors (Lipinski definition) is 1.